The molecule has 0 saturated carbocycles. The highest BCUT2D eigenvalue weighted by Crippen LogP contribution is 2.32. The van der Waals surface area contributed by atoms with Gasteiger partial charge in [0, 0.05) is 18.5 Å². The third kappa shape index (κ3) is 3.13. The molecule has 0 atom stereocenters. The van der Waals surface area contributed by atoms with Gasteiger partial charge in [-0.3, -0.25) is 5.43 Å². The van der Waals surface area contributed by atoms with E-state index in [2.05, 4.69) is 61.1 Å². The maximum atomic E-state index is 5.46. The van der Waals surface area contributed by atoms with Crippen LogP contribution in [-0.2, 0) is 0 Å². The molecule has 2 heterocycles. The predicted molar refractivity (Wildman–Crippen MR) is 82.7 cm³/mol. The number of hydrazine groups is 1. The van der Waals surface area contributed by atoms with Crippen molar-refractivity contribution in [2.75, 3.05) is 23.9 Å². The lowest BCUT2D eigenvalue weighted by atomic mass is 9.96. The van der Waals surface area contributed by atoms with Crippen LogP contribution in [0.5, 0.6) is 0 Å². The Hall–Kier alpha value is -1.40. The maximum absolute atomic E-state index is 5.46. The van der Waals surface area contributed by atoms with Crippen molar-refractivity contribution < 1.29 is 0 Å². The fourth-order valence-corrected chi connectivity index (χ4v) is 3.04. The van der Waals surface area contributed by atoms with Crippen molar-refractivity contribution in [1.82, 2.24) is 9.97 Å². The molecule has 0 amide bonds. The van der Waals surface area contributed by atoms with Crippen LogP contribution in [0.4, 0.5) is 11.8 Å². The molecule has 0 aliphatic carbocycles. The normalized spacial score (nSPS) is 11.9. The van der Waals surface area contributed by atoms with Gasteiger partial charge in [0.2, 0.25) is 5.95 Å². The Balaban J connectivity index is 2.50. The van der Waals surface area contributed by atoms with E-state index in [1.807, 2.05) is 0 Å². The minimum absolute atomic E-state index is 0.202. The molecule has 0 saturated heterocycles. The zero-order valence-corrected chi connectivity index (χ0v) is 12.9. The highest BCUT2D eigenvalue weighted by molar-refractivity contribution is 7.18. The van der Waals surface area contributed by atoms with Gasteiger partial charge < -0.3 is 4.90 Å². The second kappa shape index (κ2) is 4.94. The molecular formula is C13H21N5S. The number of thiophene rings is 1. The van der Waals surface area contributed by atoms with Gasteiger partial charge in [0.05, 0.1) is 5.39 Å². The minimum Gasteiger partial charge on any atom is -0.358 e. The number of hydrogen-bond donors (Lipinski definition) is 2. The first-order valence-electron chi connectivity index (χ1n) is 6.26. The van der Waals surface area contributed by atoms with Crippen LogP contribution < -0.4 is 16.2 Å². The number of fused-ring (bicyclic) bond motifs is 1. The monoisotopic (exact) mass is 279 g/mol. The second-order valence-electron chi connectivity index (χ2n) is 6.01. The summed E-state index contributed by atoms with van der Waals surface area (Å²) < 4.78 is 0. The number of hydrogen-bond acceptors (Lipinski definition) is 6. The molecule has 0 bridgehead atoms. The second-order valence-corrected chi connectivity index (χ2v) is 7.24. The van der Waals surface area contributed by atoms with Gasteiger partial charge >= 0.3 is 0 Å². The smallest absolute Gasteiger partial charge is 0.240 e. The van der Waals surface area contributed by atoms with Gasteiger partial charge in [-0.1, -0.05) is 20.8 Å². The van der Waals surface area contributed by atoms with Crippen molar-refractivity contribution >= 4 is 33.3 Å². The van der Waals surface area contributed by atoms with Crippen LogP contribution in [0.1, 0.15) is 25.6 Å². The Labute approximate surface area is 117 Å². The first-order chi connectivity index (χ1) is 8.80. The number of anilines is 2. The standard InChI is InChI=1S/C13H21N5S/c1-8-6-9-10(18(5)7-13(2,3)4)15-12(17-14)16-11(9)19-8/h6H,7,14H2,1-5H3,(H,15,16,17). The molecule has 2 aromatic rings. The molecule has 0 spiro atoms. The first-order valence-corrected chi connectivity index (χ1v) is 7.08. The largest absolute Gasteiger partial charge is 0.358 e. The van der Waals surface area contributed by atoms with Crippen LogP contribution in [-0.4, -0.2) is 23.6 Å². The Morgan fingerprint density at radius 2 is 2.05 bits per heavy atom. The SMILES string of the molecule is Cc1cc2c(N(C)CC(C)(C)C)nc(NN)nc2s1. The topological polar surface area (TPSA) is 67.1 Å². The predicted octanol–water partition coefficient (Wildman–Crippen LogP) is 2.77. The number of nitrogens with one attached hydrogen (secondary N) is 1. The summed E-state index contributed by atoms with van der Waals surface area (Å²) in [6.07, 6.45) is 0. The summed E-state index contributed by atoms with van der Waals surface area (Å²) in [4.78, 5) is 13.3. The number of nitrogen functional groups attached to an aromatic ring is 1. The molecule has 0 aromatic carbocycles. The summed E-state index contributed by atoms with van der Waals surface area (Å²) >= 11 is 1.66. The molecule has 5 nitrogen and oxygen atoms in total. The number of nitrogens with two attached hydrogens (primary N) is 1. The van der Waals surface area contributed by atoms with Crippen LogP contribution in [0, 0.1) is 12.3 Å². The van der Waals surface area contributed by atoms with E-state index in [-0.39, 0.29) is 5.41 Å². The van der Waals surface area contributed by atoms with Gasteiger partial charge in [-0.05, 0) is 18.4 Å². The van der Waals surface area contributed by atoms with Gasteiger partial charge in [0.1, 0.15) is 10.6 Å². The number of nitrogens with zero attached hydrogens (tertiary/aromatic N) is 3. The molecule has 0 radical (unpaired) electrons. The van der Waals surface area contributed by atoms with E-state index in [4.69, 9.17) is 5.84 Å². The van der Waals surface area contributed by atoms with Crippen molar-refractivity contribution in [3.05, 3.63) is 10.9 Å². The number of rotatable bonds is 3. The van der Waals surface area contributed by atoms with Gasteiger partial charge in [0.15, 0.2) is 0 Å². The van der Waals surface area contributed by atoms with Crippen molar-refractivity contribution in [2.45, 2.75) is 27.7 Å². The van der Waals surface area contributed by atoms with Crippen molar-refractivity contribution in [1.29, 1.82) is 0 Å². The molecule has 0 fully saturated rings. The summed E-state index contributed by atoms with van der Waals surface area (Å²) in [6, 6.07) is 2.13. The Kier molecular flexibility index (Phi) is 3.64. The first kappa shape index (κ1) is 14.0. The van der Waals surface area contributed by atoms with Gasteiger partial charge in [-0.2, -0.15) is 4.98 Å². The van der Waals surface area contributed by atoms with E-state index < -0.39 is 0 Å². The molecule has 19 heavy (non-hydrogen) atoms. The van der Waals surface area contributed by atoms with E-state index in [1.54, 1.807) is 11.3 Å². The van der Waals surface area contributed by atoms with Crippen LogP contribution in [0.3, 0.4) is 0 Å². The highest BCUT2D eigenvalue weighted by atomic mass is 32.1. The lowest BCUT2D eigenvalue weighted by Gasteiger charge is -2.28. The van der Waals surface area contributed by atoms with Gasteiger partial charge in [-0.25, -0.2) is 10.8 Å². The molecule has 0 aliphatic rings. The van der Waals surface area contributed by atoms with Crippen LogP contribution in [0.25, 0.3) is 10.2 Å². The zero-order chi connectivity index (χ0) is 14.2. The van der Waals surface area contributed by atoms with E-state index in [0.29, 0.717) is 5.95 Å². The van der Waals surface area contributed by atoms with Crippen LogP contribution in [0.2, 0.25) is 0 Å². The van der Waals surface area contributed by atoms with Crippen molar-refractivity contribution in [3.8, 4) is 0 Å². The Morgan fingerprint density at radius 3 is 2.63 bits per heavy atom. The quantitative estimate of drug-likeness (QED) is 0.668. The van der Waals surface area contributed by atoms with Gasteiger partial charge in [-0.15, -0.1) is 11.3 Å². The summed E-state index contributed by atoms with van der Waals surface area (Å²) in [5, 5.41) is 1.09. The summed E-state index contributed by atoms with van der Waals surface area (Å²) in [6.45, 7) is 9.63. The number of aromatic nitrogens is 2. The fourth-order valence-electron chi connectivity index (χ4n) is 2.17. The summed E-state index contributed by atoms with van der Waals surface area (Å²) in [7, 11) is 2.06. The molecule has 3 N–H and O–H groups in total. The molecule has 6 heteroatoms. The lowest BCUT2D eigenvalue weighted by Crippen LogP contribution is -2.30. The third-order valence-electron chi connectivity index (χ3n) is 2.70. The van der Waals surface area contributed by atoms with E-state index >= 15 is 0 Å². The molecule has 0 unspecified atom stereocenters. The average molecular weight is 279 g/mol. The van der Waals surface area contributed by atoms with E-state index in [0.717, 1.165) is 22.6 Å². The van der Waals surface area contributed by atoms with Crippen LogP contribution in [0.15, 0.2) is 6.07 Å². The average Bonchev–Trinajstić information content (AvgIpc) is 2.65. The van der Waals surface area contributed by atoms with Crippen molar-refractivity contribution in [3.63, 3.8) is 0 Å². The number of aryl methyl sites for hydroxylation is 1. The molecule has 2 aromatic heterocycles. The molecule has 0 aliphatic heterocycles. The third-order valence-corrected chi connectivity index (χ3v) is 3.64. The van der Waals surface area contributed by atoms with Crippen LogP contribution >= 0.6 is 11.3 Å². The molecule has 104 valence electrons. The maximum Gasteiger partial charge on any atom is 0.240 e. The molecular weight excluding hydrogens is 258 g/mol. The van der Waals surface area contributed by atoms with Crippen molar-refractivity contribution in [2.24, 2.45) is 11.3 Å². The highest BCUT2D eigenvalue weighted by Gasteiger charge is 2.18. The minimum atomic E-state index is 0.202. The van der Waals surface area contributed by atoms with Gasteiger partial charge in [0.25, 0.3) is 0 Å². The summed E-state index contributed by atoms with van der Waals surface area (Å²) in [5.74, 6) is 6.85. The zero-order valence-electron chi connectivity index (χ0n) is 12.1. The lowest BCUT2D eigenvalue weighted by molar-refractivity contribution is 0.418. The van der Waals surface area contributed by atoms with E-state index in [1.165, 1.54) is 4.88 Å². The fraction of sp³-hybridized carbons (Fsp3) is 0.538. The summed E-state index contributed by atoms with van der Waals surface area (Å²) in [5.41, 5.74) is 2.75. The molecule has 2 rings (SSSR count). The van der Waals surface area contributed by atoms with E-state index in [9.17, 15) is 0 Å². The Morgan fingerprint density at radius 1 is 1.37 bits per heavy atom. The Bertz CT molecular complexity index is 584.